The number of methoxy groups -OCH3 is 2. The molecule has 0 atom stereocenters. The summed E-state index contributed by atoms with van der Waals surface area (Å²) < 4.78 is 10.9. The van der Waals surface area contributed by atoms with Crippen LogP contribution in [0.5, 0.6) is 11.5 Å². The number of hydrogen-bond donors (Lipinski definition) is 1. The van der Waals surface area contributed by atoms with Crippen molar-refractivity contribution >= 4 is 23.4 Å². The van der Waals surface area contributed by atoms with Crippen LogP contribution < -0.4 is 19.7 Å². The molecule has 3 amide bonds. The van der Waals surface area contributed by atoms with E-state index < -0.39 is 5.54 Å². The molecule has 1 N–H and O–H groups in total. The number of likely N-dealkylation sites (tertiary alicyclic amines) is 1. The van der Waals surface area contributed by atoms with Crippen LogP contribution in [0.3, 0.4) is 0 Å². The zero-order chi connectivity index (χ0) is 28.1. The lowest BCUT2D eigenvalue weighted by Gasteiger charge is -2.43. The Labute approximate surface area is 234 Å². The average molecular weight is 543 g/mol. The molecule has 9 heteroatoms. The zero-order valence-corrected chi connectivity index (χ0v) is 22.8. The summed E-state index contributed by atoms with van der Waals surface area (Å²) in [6.45, 7) is 1.43. The maximum atomic E-state index is 14.0. The Morgan fingerprint density at radius 3 is 2.05 bits per heavy atom. The van der Waals surface area contributed by atoms with Gasteiger partial charge in [0.15, 0.2) is 0 Å². The van der Waals surface area contributed by atoms with Crippen molar-refractivity contribution < 1.29 is 23.9 Å². The first-order valence-electron chi connectivity index (χ1n) is 13.4. The van der Waals surface area contributed by atoms with Gasteiger partial charge in [-0.25, -0.2) is 0 Å². The Morgan fingerprint density at radius 2 is 1.45 bits per heavy atom. The fourth-order valence-corrected chi connectivity index (χ4v) is 5.65. The first-order chi connectivity index (χ1) is 19.5. The number of anilines is 1. The number of nitrogens with zero attached hydrogens (tertiary/aromatic N) is 3. The molecule has 0 aromatic heterocycles. The molecule has 0 unspecified atom stereocenters. The topological polar surface area (TPSA) is 91.4 Å². The van der Waals surface area contributed by atoms with E-state index >= 15 is 0 Å². The van der Waals surface area contributed by atoms with Crippen LogP contribution in [0, 0.1) is 0 Å². The Hall–Kier alpha value is -4.53. The molecule has 2 aliphatic heterocycles. The summed E-state index contributed by atoms with van der Waals surface area (Å²) in [5.74, 6) is 0.393. The van der Waals surface area contributed by atoms with Gasteiger partial charge in [0, 0.05) is 25.3 Å². The lowest BCUT2D eigenvalue weighted by molar-refractivity contribution is -0.137. The number of piperidine rings is 1. The van der Waals surface area contributed by atoms with Gasteiger partial charge in [0.25, 0.3) is 11.8 Å². The molecule has 2 aliphatic rings. The highest BCUT2D eigenvalue weighted by Gasteiger charge is 2.54. The first-order valence-corrected chi connectivity index (χ1v) is 13.4. The molecule has 0 aliphatic carbocycles. The molecule has 208 valence electrons. The third kappa shape index (κ3) is 5.19. The predicted molar refractivity (Wildman–Crippen MR) is 151 cm³/mol. The van der Waals surface area contributed by atoms with Crippen molar-refractivity contribution in [2.45, 2.75) is 24.9 Å². The van der Waals surface area contributed by atoms with Gasteiger partial charge in [0.2, 0.25) is 5.91 Å². The van der Waals surface area contributed by atoms with E-state index in [1.165, 1.54) is 14.2 Å². The van der Waals surface area contributed by atoms with Crippen LogP contribution in [0.2, 0.25) is 0 Å². The number of ether oxygens (including phenoxy) is 2. The molecule has 3 aromatic rings. The Morgan fingerprint density at radius 1 is 0.850 bits per heavy atom. The molecule has 2 fully saturated rings. The molecule has 2 heterocycles. The van der Waals surface area contributed by atoms with Gasteiger partial charge in [-0.15, -0.1) is 0 Å². The summed E-state index contributed by atoms with van der Waals surface area (Å²) in [5.41, 5.74) is 1.43. The minimum Gasteiger partial charge on any atom is -0.496 e. The van der Waals surface area contributed by atoms with E-state index in [0.717, 1.165) is 11.3 Å². The van der Waals surface area contributed by atoms with E-state index in [4.69, 9.17) is 9.47 Å². The van der Waals surface area contributed by atoms with Crippen molar-refractivity contribution in [2.24, 2.45) is 0 Å². The number of amides is 3. The molecule has 0 bridgehead atoms. The smallest absolute Gasteiger partial charge is 0.261 e. The van der Waals surface area contributed by atoms with Crippen LogP contribution >= 0.6 is 0 Å². The SMILES string of the molecule is COc1cccc(OC)c1C(=O)N1CCC2(CC1)C(=O)N(CC(=O)NCc1ccccc1)CN2c1ccccc1. The van der Waals surface area contributed by atoms with Gasteiger partial charge >= 0.3 is 0 Å². The number of carbonyl (C=O) groups is 3. The van der Waals surface area contributed by atoms with Gasteiger partial charge in [-0.3, -0.25) is 14.4 Å². The van der Waals surface area contributed by atoms with Crippen molar-refractivity contribution in [3.8, 4) is 11.5 Å². The third-order valence-corrected chi connectivity index (χ3v) is 7.77. The number of rotatable bonds is 8. The minimum atomic E-state index is -0.845. The van der Waals surface area contributed by atoms with Gasteiger partial charge < -0.3 is 29.5 Å². The van der Waals surface area contributed by atoms with Crippen molar-refractivity contribution in [1.29, 1.82) is 0 Å². The number of para-hydroxylation sites is 1. The van der Waals surface area contributed by atoms with E-state index in [1.54, 1.807) is 28.0 Å². The highest BCUT2D eigenvalue weighted by atomic mass is 16.5. The second-order valence-corrected chi connectivity index (χ2v) is 10.0. The number of carbonyl (C=O) groups excluding carboxylic acids is 3. The molecule has 2 saturated heterocycles. The fourth-order valence-electron chi connectivity index (χ4n) is 5.65. The zero-order valence-electron chi connectivity index (χ0n) is 22.8. The van der Waals surface area contributed by atoms with Gasteiger partial charge in [0.1, 0.15) is 29.1 Å². The lowest BCUT2D eigenvalue weighted by Crippen LogP contribution is -2.57. The van der Waals surface area contributed by atoms with Crippen LogP contribution in [-0.2, 0) is 16.1 Å². The number of hydrogen-bond acceptors (Lipinski definition) is 6. The minimum absolute atomic E-state index is 0.0300. The van der Waals surface area contributed by atoms with Gasteiger partial charge in [-0.2, -0.15) is 0 Å². The monoisotopic (exact) mass is 542 g/mol. The van der Waals surface area contributed by atoms with Gasteiger partial charge in [0.05, 0.1) is 20.9 Å². The van der Waals surface area contributed by atoms with Gasteiger partial charge in [-0.1, -0.05) is 54.6 Å². The normalized spacial score (nSPS) is 16.2. The standard InChI is InChI=1S/C31H34N4O5/c1-39-25-14-9-15-26(40-2)28(25)29(37)33-18-16-31(17-19-33)30(38)34(22-35(31)24-12-7-4-8-13-24)21-27(36)32-20-23-10-5-3-6-11-23/h3-15H,16-22H2,1-2H3,(H,32,36). The maximum Gasteiger partial charge on any atom is 0.261 e. The highest BCUT2D eigenvalue weighted by molar-refractivity contribution is 6.00. The Bertz CT molecular complexity index is 1330. The van der Waals surface area contributed by atoms with Crippen LogP contribution in [0.4, 0.5) is 5.69 Å². The van der Waals surface area contributed by atoms with Crippen LogP contribution in [0.1, 0.15) is 28.8 Å². The van der Waals surface area contributed by atoms with Gasteiger partial charge in [-0.05, 0) is 42.7 Å². The van der Waals surface area contributed by atoms with E-state index in [0.29, 0.717) is 56.2 Å². The van der Waals surface area contributed by atoms with Crippen molar-refractivity contribution in [2.75, 3.05) is 45.4 Å². The van der Waals surface area contributed by atoms with E-state index in [1.807, 2.05) is 60.7 Å². The quantitative estimate of drug-likeness (QED) is 0.470. The predicted octanol–water partition coefficient (Wildman–Crippen LogP) is 3.30. The summed E-state index contributed by atoms with van der Waals surface area (Å²) in [7, 11) is 3.05. The lowest BCUT2D eigenvalue weighted by atomic mass is 9.85. The summed E-state index contributed by atoms with van der Waals surface area (Å²) >= 11 is 0. The van der Waals surface area contributed by atoms with Crippen molar-refractivity contribution in [1.82, 2.24) is 15.1 Å². The highest BCUT2D eigenvalue weighted by Crippen LogP contribution is 2.40. The first kappa shape index (κ1) is 27.1. The van der Waals surface area contributed by atoms with Crippen molar-refractivity contribution in [3.63, 3.8) is 0 Å². The number of benzene rings is 3. The second kappa shape index (κ2) is 11.7. The molecule has 3 aromatic carbocycles. The largest absolute Gasteiger partial charge is 0.496 e. The molecule has 5 rings (SSSR count). The summed E-state index contributed by atoms with van der Waals surface area (Å²) in [4.78, 5) is 45.9. The average Bonchev–Trinajstić information content (AvgIpc) is 3.26. The summed E-state index contributed by atoms with van der Waals surface area (Å²) in [6.07, 6.45) is 0.873. The van der Waals surface area contributed by atoms with Crippen LogP contribution in [0.15, 0.2) is 78.9 Å². The van der Waals surface area contributed by atoms with Crippen LogP contribution in [-0.4, -0.2) is 73.6 Å². The van der Waals surface area contributed by atoms with Crippen molar-refractivity contribution in [3.05, 3.63) is 90.0 Å². The summed E-state index contributed by atoms with van der Waals surface area (Å²) in [5, 5.41) is 2.93. The Balaban J connectivity index is 1.33. The maximum absolute atomic E-state index is 14.0. The second-order valence-electron chi connectivity index (χ2n) is 10.0. The Kier molecular flexibility index (Phi) is 7.91. The fraction of sp³-hybridized carbons (Fsp3) is 0.323. The molecule has 1 spiro atoms. The van der Waals surface area contributed by atoms with E-state index in [2.05, 4.69) is 10.2 Å². The molecule has 40 heavy (non-hydrogen) atoms. The number of nitrogens with one attached hydrogen (secondary N) is 1. The third-order valence-electron chi connectivity index (χ3n) is 7.77. The molecular weight excluding hydrogens is 508 g/mol. The summed E-state index contributed by atoms with van der Waals surface area (Å²) in [6, 6.07) is 24.7. The molecule has 9 nitrogen and oxygen atoms in total. The van der Waals surface area contributed by atoms with E-state index in [-0.39, 0.29) is 24.3 Å². The molecule has 0 saturated carbocycles. The van der Waals surface area contributed by atoms with E-state index in [9.17, 15) is 14.4 Å². The van der Waals surface area contributed by atoms with Crippen LogP contribution in [0.25, 0.3) is 0 Å². The molecular formula is C31H34N4O5. The molecule has 0 radical (unpaired) electrons.